The molecule has 0 aliphatic carbocycles. The van der Waals surface area contributed by atoms with E-state index in [-0.39, 0.29) is 11.3 Å². The van der Waals surface area contributed by atoms with Crippen LogP contribution in [-0.4, -0.2) is 21.0 Å². The topological polar surface area (TPSA) is 93.3 Å². The molecule has 0 unspecified atom stereocenters. The summed E-state index contributed by atoms with van der Waals surface area (Å²) in [5.41, 5.74) is 0.172. The van der Waals surface area contributed by atoms with Crippen molar-refractivity contribution in [1.82, 2.24) is 4.98 Å². The highest BCUT2D eigenvalue weighted by Gasteiger charge is 2.27. The van der Waals surface area contributed by atoms with Gasteiger partial charge in [0.15, 0.2) is 0 Å². The first-order valence-electron chi connectivity index (χ1n) is 5.45. The molecule has 6 nitrogen and oxygen atoms in total. The first-order valence-corrected chi connectivity index (χ1v) is 5.45. The van der Waals surface area contributed by atoms with Gasteiger partial charge in [-0.05, 0) is 13.0 Å². The molecular formula is C13H10N2O4. The summed E-state index contributed by atoms with van der Waals surface area (Å²) in [5.74, 6) is -1.34. The summed E-state index contributed by atoms with van der Waals surface area (Å²) in [6.07, 6.45) is 0. The molecule has 1 N–H and O–H groups in total. The number of carboxylic acids is 1. The van der Waals surface area contributed by atoms with E-state index in [0.29, 0.717) is 11.3 Å². The Bertz CT molecular complexity index is 653. The Morgan fingerprint density at radius 1 is 1.32 bits per heavy atom. The van der Waals surface area contributed by atoms with Gasteiger partial charge in [-0.15, -0.1) is 0 Å². The molecule has 1 aromatic heterocycles. The molecule has 0 aliphatic heterocycles. The van der Waals surface area contributed by atoms with Gasteiger partial charge >= 0.3 is 11.7 Å². The molecule has 0 bridgehead atoms. The van der Waals surface area contributed by atoms with E-state index in [4.69, 9.17) is 5.11 Å². The molecule has 0 spiro atoms. The Hall–Kier alpha value is -2.76. The number of nitrogens with zero attached hydrogens (tertiary/aromatic N) is 2. The van der Waals surface area contributed by atoms with Crippen LogP contribution in [0.4, 0.5) is 5.69 Å². The molecule has 0 atom stereocenters. The van der Waals surface area contributed by atoms with Crippen LogP contribution in [0.2, 0.25) is 0 Å². The number of aryl methyl sites for hydroxylation is 1. The van der Waals surface area contributed by atoms with Gasteiger partial charge in [0.05, 0.1) is 4.92 Å². The molecule has 19 heavy (non-hydrogen) atoms. The van der Waals surface area contributed by atoms with Crippen LogP contribution < -0.4 is 0 Å². The number of nitro groups is 1. The summed E-state index contributed by atoms with van der Waals surface area (Å²) in [6.45, 7) is 1.60. The Balaban J connectivity index is 2.80. The molecule has 0 amide bonds. The second-order valence-corrected chi connectivity index (χ2v) is 3.94. The lowest BCUT2D eigenvalue weighted by Crippen LogP contribution is -2.07. The number of carbonyl (C=O) groups is 1. The van der Waals surface area contributed by atoms with Crippen LogP contribution >= 0.6 is 0 Å². The lowest BCUT2D eigenvalue weighted by molar-refractivity contribution is -0.384. The quantitative estimate of drug-likeness (QED) is 0.674. The fourth-order valence-electron chi connectivity index (χ4n) is 1.81. The van der Waals surface area contributed by atoms with Crippen molar-refractivity contribution in [2.45, 2.75) is 6.92 Å². The maximum Gasteiger partial charge on any atom is 0.342 e. The molecule has 96 valence electrons. The predicted molar refractivity (Wildman–Crippen MR) is 68.0 cm³/mol. The van der Waals surface area contributed by atoms with Crippen molar-refractivity contribution in [2.24, 2.45) is 0 Å². The number of aromatic carboxylic acids is 1. The molecule has 6 heteroatoms. The lowest BCUT2D eigenvalue weighted by atomic mass is 10.1. The maximum atomic E-state index is 11.1. The lowest BCUT2D eigenvalue weighted by Gasteiger charge is -2.06. The van der Waals surface area contributed by atoms with Gasteiger partial charge in [-0.2, -0.15) is 0 Å². The second kappa shape index (κ2) is 4.85. The van der Waals surface area contributed by atoms with Crippen molar-refractivity contribution >= 4 is 11.7 Å². The van der Waals surface area contributed by atoms with Gasteiger partial charge in [0.2, 0.25) is 0 Å². The average molecular weight is 258 g/mol. The number of carboxylic acid groups (broad SMARTS) is 1. The van der Waals surface area contributed by atoms with E-state index >= 15 is 0 Å². The third kappa shape index (κ3) is 2.42. The van der Waals surface area contributed by atoms with Gasteiger partial charge in [0.25, 0.3) is 0 Å². The Morgan fingerprint density at radius 3 is 2.47 bits per heavy atom. The largest absolute Gasteiger partial charge is 0.477 e. The van der Waals surface area contributed by atoms with Gasteiger partial charge in [0, 0.05) is 11.3 Å². The SMILES string of the molecule is Cc1cc(C(=O)O)c([N+](=O)[O-])c(-c2ccccc2)n1. The zero-order valence-electron chi connectivity index (χ0n) is 10.0. The van der Waals surface area contributed by atoms with E-state index in [1.165, 1.54) is 6.07 Å². The van der Waals surface area contributed by atoms with Crippen LogP contribution in [-0.2, 0) is 0 Å². The van der Waals surface area contributed by atoms with Crippen LogP contribution in [0, 0.1) is 17.0 Å². The van der Waals surface area contributed by atoms with E-state index in [1.54, 1.807) is 37.3 Å². The van der Waals surface area contributed by atoms with E-state index in [0.717, 1.165) is 0 Å². The van der Waals surface area contributed by atoms with E-state index in [2.05, 4.69) is 4.98 Å². The van der Waals surface area contributed by atoms with Crippen LogP contribution in [0.1, 0.15) is 16.1 Å². The monoisotopic (exact) mass is 258 g/mol. The molecular weight excluding hydrogens is 248 g/mol. The number of benzene rings is 1. The Labute approximate surface area is 108 Å². The number of hydrogen-bond donors (Lipinski definition) is 1. The van der Waals surface area contributed by atoms with Gasteiger partial charge in [-0.25, -0.2) is 9.78 Å². The van der Waals surface area contributed by atoms with Crippen molar-refractivity contribution in [1.29, 1.82) is 0 Å². The van der Waals surface area contributed by atoms with Crippen molar-refractivity contribution in [3.05, 3.63) is 57.8 Å². The highest BCUT2D eigenvalue weighted by molar-refractivity contribution is 5.95. The molecule has 2 rings (SSSR count). The fourth-order valence-corrected chi connectivity index (χ4v) is 1.81. The molecule has 1 heterocycles. The smallest absolute Gasteiger partial charge is 0.342 e. The molecule has 0 saturated carbocycles. The van der Waals surface area contributed by atoms with Gasteiger partial charge in [-0.1, -0.05) is 30.3 Å². The minimum Gasteiger partial charge on any atom is -0.477 e. The van der Waals surface area contributed by atoms with Crippen LogP contribution in [0.5, 0.6) is 0 Å². The highest BCUT2D eigenvalue weighted by atomic mass is 16.6. The zero-order chi connectivity index (χ0) is 14.0. The van der Waals surface area contributed by atoms with Crippen LogP contribution in [0.25, 0.3) is 11.3 Å². The molecule has 0 saturated heterocycles. The molecule has 1 aromatic carbocycles. The van der Waals surface area contributed by atoms with Crippen molar-refractivity contribution in [3.8, 4) is 11.3 Å². The maximum absolute atomic E-state index is 11.1. The summed E-state index contributed by atoms with van der Waals surface area (Å²) >= 11 is 0. The summed E-state index contributed by atoms with van der Waals surface area (Å²) in [7, 11) is 0. The highest BCUT2D eigenvalue weighted by Crippen LogP contribution is 2.31. The minimum absolute atomic E-state index is 0.0722. The summed E-state index contributed by atoms with van der Waals surface area (Å²) in [6, 6.07) is 9.70. The predicted octanol–water partition coefficient (Wildman–Crippen LogP) is 2.66. The van der Waals surface area contributed by atoms with Gasteiger partial charge in [-0.3, -0.25) is 10.1 Å². The number of hydrogen-bond acceptors (Lipinski definition) is 4. The van der Waals surface area contributed by atoms with E-state index < -0.39 is 16.6 Å². The van der Waals surface area contributed by atoms with E-state index in [9.17, 15) is 14.9 Å². The average Bonchev–Trinajstić information content (AvgIpc) is 2.38. The third-order valence-corrected chi connectivity index (χ3v) is 2.58. The van der Waals surface area contributed by atoms with Crippen LogP contribution in [0.3, 0.4) is 0 Å². The molecule has 2 aromatic rings. The van der Waals surface area contributed by atoms with Gasteiger partial charge in [0.1, 0.15) is 11.3 Å². The zero-order valence-corrected chi connectivity index (χ0v) is 10.0. The standard InChI is InChI=1S/C13H10N2O4/c1-8-7-10(13(16)17)12(15(18)19)11(14-8)9-5-3-2-4-6-9/h2-7H,1H3,(H,16,17). The van der Waals surface area contributed by atoms with Gasteiger partial charge < -0.3 is 5.11 Å². The number of pyridine rings is 1. The Kier molecular flexibility index (Phi) is 3.24. The summed E-state index contributed by atoms with van der Waals surface area (Å²) < 4.78 is 0. The Morgan fingerprint density at radius 2 is 1.95 bits per heavy atom. The second-order valence-electron chi connectivity index (χ2n) is 3.94. The first kappa shape index (κ1) is 12.7. The fraction of sp³-hybridized carbons (Fsp3) is 0.0769. The molecule has 0 radical (unpaired) electrons. The number of rotatable bonds is 3. The van der Waals surface area contributed by atoms with Crippen molar-refractivity contribution in [3.63, 3.8) is 0 Å². The normalized spacial score (nSPS) is 10.2. The van der Waals surface area contributed by atoms with Crippen LogP contribution in [0.15, 0.2) is 36.4 Å². The summed E-state index contributed by atoms with van der Waals surface area (Å²) in [5, 5.41) is 20.2. The summed E-state index contributed by atoms with van der Waals surface area (Å²) in [4.78, 5) is 25.7. The van der Waals surface area contributed by atoms with Crippen molar-refractivity contribution in [2.75, 3.05) is 0 Å². The molecule has 0 aliphatic rings. The van der Waals surface area contributed by atoms with Crippen molar-refractivity contribution < 1.29 is 14.8 Å². The third-order valence-electron chi connectivity index (χ3n) is 2.58. The van der Waals surface area contributed by atoms with E-state index in [1.807, 2.05) is 0 Å². The first-order chi connectivity index (χ1) is 9.00. The minimum atomic E-state index is -1.34. The number of aromatic nitrogens is 1. The molecule has 0 fully saturated rings.